The van der Waals surface area contributed by atoms with E-state index in [0.29, 0.717) is 0 Å². The number of anilines is 1. The predicted molar refractivity (Wildman–Crippen MR) is 63.8 cm³/mol. The number of rotatable bonds is 4. The molecule has 0 fully saturated rings. The monoisotopic (exact) mass is 254 g/mol. The highest BCUT2D eigenvalue weighted by Crippen LogP contribution is 2.21. The van der Waals surface area contributed by atoms with E-state index < -0.39 is 12.0 Å². The number of likely N-dealkylation sites (N-methyl/N-ethyl adjacent to an activating group) is 1. The second-order valence-corrected chi connectivity index (χ2v) is 3.61. The van der Waals surface area contributed by atoms with Crippen LogP contribution in [0.4, 0.5) is 10.5 Å². The molecule has 0 unspecified atom stereocenters. The number of aromatic carboxylic acids is 1. The number of hydrogen-bond acceptors (Lipinski definition) is 4. The third kappa shape index (κ3) is 3.36. The molecule has 1 aromatic carbocycles. The van der Waals surface area contributed by atoms with E-state index >= 15 is 0 Å². The first kappa shape index (κ1) is 13.8. The Balaban J connectivity index is 2.82. The lowest BCUT2D eigenvalue weighted by molar-refractivity contribution is 0.0693. The number of carboxylic acid groups (broad SMARTS) is 1. The molecule has 0 aromatic heterocycles. The number of benzene rings is 1. The largest absolute Gasteiger partial charge is 0.507 e. The van der Waals surface area contributed by atoms with E-state index in [1.807, 2.05) is 0 Å². The number of aromatic hydroxyl groups is 1. The number of aliphatic hydroxyl groups is 1. The summed E-state index contributed by atoms with van der Waals surface area (Å²) in [5, 5.41) is 29.2. The van der Waals surface area contributed by atoms with E-state index in [1.165, 1.54) is 24.1 Å². The molecule has 0 spiro atoms. The van der Waals surface area contributed by atoms with Crippen molar-refractivity contribution in [2.24, 2.45) is 0 Å². The second-order valence-electron chi connectivity index (χ2n) is 3.61. The van der Waals surface area contributed by atoms with Crippen molar-refractivity contribution in [2.75, 3.05) is 25.5 Å². The quantitative estimate of drug-likeness (QED) is 0.586. The van der Waals surface area contributed by atoms with Crippen molar-refractivity contribution in [3.05, 3.63) is 23.8 Å². The molecular formula is C11H14N2O5. The summed E-state index contributed by atoms with van der Waals surface area (Å²) in [6.45, 7) is -0.00439. The highest BCUT2D eigenvalue weighted by molar-refractivity contribution is 5.95. The molecule has 2 amide bonds. The Morgan fingerprint density at radius 2 is 2.06 bits per heavy atom. The van der Waals surface area contributed by atoms with Gasteiger partial charge in [-0.05, 0) is 18.2 Å². The minimum absolute atomic E-state index is 0.162. The Bertz CT molecular complexity index is 461. The van der Waals surface area contributed by atoms with Crippen molar-refractivity contribution < 1.29 is 24.9 Å². The molecule has 0 aliphatic rings. The van der Waals surface area contributed by atoms with Crippen LogP contribution in [0.3, 0.4) is 0 Å². The molecule has 0 heterocycles. The third-order valence-electron chi connectivity index (χ3n) is 2.26. The van der Waals surface area contributed by atoms with E-state index in [-0.39, 0.29) is 30.2 Å². The maximum absolute atomic E-state index is 11.6. The van der Waals surface area contributed by atoms with Gasteiger partial charge in [-0.1, -0.05) is 0 Å². The zero-order chi connectivity index (χ0) is 13.7. The van der Waals surface area contributed by atoms with E-state index in [1.54, 1.807) is 0 Å². The number of hydrogen-bond donors (Lipinski definition) is 4. The maximum Gasteiger partial charge on any atom is 0.339 e. The summed E-state index contributed by atoms with van der Waals surface area (Å²) < 4.78 is 0. The molecule has 0 atom stereocenters. The molecule has 1 rings (SSSR count). The lowest BCUT2D eigenvalue weighted by Crippen LogP contribution is -2.33. The molecule has 0 aliphatic heterocycles. The van der Waals surface area contributed by atoms with Gasteiger partial charge in [0.2, 0.25) is 0 Å². The first-order valence-corrected chi connectivity index (χ1v) is 5.15. The van der Waals surface area contributed by atoms with Gasteiger partial charge < -0.3 is 25.5 Å². The van der Waals surface area contributed by atoms with Crippen molar-refractivity contribution in [3.8, 4) is 5.75 Å². The van der Waals surface area contributed by atoms with Gasteiger partial charge in [-0.25, -0.2) is 9.59 Å². The fraction of sp³-hybridized carbons (Fsp3) is 0.273. The number of carbonyl (C=O) groups excluding carboxylic acids is 1. The van der Waals surface area contributed by atoms with Crippen LogP contribution in [0.15, 0.2) is 18.2 Å². The molecule has 0 bridgehead atoms. The number of urea groups is 1. The van der Waals surface area contributed by atoms with Gasteiger partial charge in [0.05, 0.1) is 6.61 Å². The van der Waals surface area contributed by atoms with Gasteiger partial charge in [0.1, 0.15) is 11.3 Å². The summed E-state index contributed by atoms with van der Waals surface area (Å²) in [6.07, 6.45) is 0. The highest BCUT2D eigenvalue weighted by atomic mass is 16.4. The van der Waals surface area contributed by atoms with Gasteiger partial charge in [-0.2, -0.15) is 0 Å². The lowest BCUT2D eigenvalue weighted by Gasteiger charge is -2.16. The van der Waals surface area contributed by atoms with Crippen LogP contribution in [-0.4, -0.2) is 52.4 Å². The summed E-state index contributed by atoms with van der Waals surface area (Å²) in [4.78, 5) is 23.6. The minimum atomic E-state index is -1.28. The van der Waals surface area contributed by atoms with Gasteiger partial charge in [-0.15, -0.1) is 0 Å². The molecule has 1 aromatic rings. The van der Waals surface area contributed by atoms with Gasteiger partial charge in [0.15, 0.2) is 0 Å². The Morgan fingerprint density at radius 3 is 2.61 bits per heavy atom. The van der Waals surface area contributed by atoms with Crippen LogP contribution in [0.25, 0.3) is 0 Å². The summed E-state index contributed by atoms with van der Waals surface area (Å²) in [5.74, 6) is -1.66. The van der Waals surface area contributed by atoms with Crippen LogP contribution in [0.2, 0.25) is 0 Å². The van der Waals surface area contributed by atoms with Crippen LogP contribution in [-0.2, 0) is 0 Å². The smallest absolute Gasteiger partial charge is 0.339 e. The maximum atomic E-state index is 11.6. The van der Waals surface area contributed by atoms with Crippen LogP contribution in [0.1, 0.15) is 10.4 Å². The normalized spacial score (nSPS) is 9.89. The molecule has 98 valence electrons. The molecule has 18 heavy (non-hydrogen) atoms. The number of carbonyl (C=O) groups is 2. The van der Waals surface area contributed by atoms with Gasteiger partial charge in [0.25, 0.3) is 0 Å². The number of nitrogens with zero attached hydrogens (tertiary/aromatic N) is 1. The number of amides is 2. The Morgan fingerprint density at radius 1 is 1.39 bits per heavy atom. The average molecular weight is 254 g/mol. The standard InChI is InChI=1S/C11H14N2O5/c1-13(4-5-14)11(18)12-7-2-3-9(15)8(6-7)10(16)17/h2-3,6,14-15H,4-5H2,1H3,(H,12,18)(H,16,17). The first-order chi connectivity index (χ1) is 8.45. The van der Waals surface area contributed by atoms with Gasteiger partial charge >= 0.3 is 12.0 Å². The zero-order valence-corrected chi connectivity index (χ0v) is 9.75. The number of carboxylic acids is 1. The lowest BCUT2D eigenvalue weighted by atomic mass is 10.2. The van der Waals surface area contributed by atoms with Crippen LogP contribution < -0.4 is 5.32 Å². The molecule has 0 aliphatic carbocycles. The Labute approximate surface area is 103 Å². The summed E-state index contributed by atoms with van der Waals surface area (Å²) in [7, 11) is 1.49. The van der Waals surface area contributed by atoms with E-state index in [4.69, 9.17) is 10.2 Å². The topological polar surface area (TPSA) is 110 Å². The SMILES string of the molecule is CN(CCO)C(=O)Nc1ccc(O)c(C(=O)O)c1. The van der Waals surface area contributed by atoms with E-state index in [2.05, 4.69) is 5.32 Å². The van der Waals surface area contributed by atoms with Gasteiger partial charge in [0, 0.05) is 19.3 Å². The van der Waals surface area contributed by atoms with Crippen molar-refractivity contribution in [3.63, 3.8) is 0 Å². The molecule has 7 heteroatoms. The second kappa shape index (κ2) is 5.87. The van der Waals surface area contributed by atoms with Crippen LogP contribution in [0, 0.1) is 0 Å². The summed E-state index contributed by atoms with van der Waals surface area (Å²) in [5.41, 5.74) is -0.0439. The van der Waals surface area contributed by atoms with Crippen LogP contribution in [0.5, 0.6) is 5.75 Å². The van der Waals surface area contributed by atoms with E-state index in [0.717, 1.165) is 6.07 Å². The fourth-order valence-electron chi connectivity index (χ4n) is 1.26. The Hall–Kier alpha value is -2.28. The van der Waals surface area contributed by atoms with Gasteiger partial charge in [-0.3, -0.25) is 0 Å². The van der Waals surface area contributed by atoms with Crippen molar-refractivity contribution >= 4 is 17.7 Å². The highest BCUT2D eigenvalue weighted by Gasteiger charge is 2.13. The van der Waals surface area contributed by atoms with Crippen molar-refractivity contribution in [1.29, 1.82) is 0 Å². The molecule has 4 N–H and O–H groups in total. The summed E-state index contributed by atoms with van der Waals surface area (Å²) in [6, 6.07) is 3.24. The fourth-order valence-corrected chi connectivity index (χ4v) is 1.26. The van der Waals surface area contributed by atoms with E-state index in [9.17, 15) is 14.7 Å². The molecule has 0 saturated carbocycles. The number of phenols is 1. The number of aliphatic hydroxyl groups excluding tert-OH is 1. The number of nitrogens with one attached hydrogen (secondary N) is 1. The average Bonchev–Trinajstić information content (AvgIpc) is 2.31. The summed E-state index contributed by atoms with van der Waals surface area (Å²) >= 11 is 0. The van der Waals surface area contributed by atoms with Crippen molar-refractivity contribution in [2.45, 2.75) is 0 Å². The Kier molecular flexibility index (Phi) is 4.50. The molecular weight excluding hydrogens is 240 g/mol. The predicted octanol–water partition coefficient (Wildman–Crippen LogP) is 0.546. The molecule has 0 saturated heterocycles. The minimum Gasteiger partial charge on any atom is -0.507 e. The van der Waals surface area contributed by atoms with Crippen molar-refractivity contribution in [1.82, 2.24) is 4.90 Å². The molecule has 0 radical (unpaired) electrons. The molecule has 7 nitrogen and oxygen atoms in total. The first-order valence-electron chi connectivity index (χ1n) is 5.15. The zero-order valence-electron chi connectivity index (χ0n) is 9.75. The van der Waals surface area contributed by atoms with Crippen LogP contribution >= 0.6 is 0 Å². The third-order valence-corrected chi connectivity index (χ3v) is 2.26.